The maximum Gasteiger partial charge on any atom is 0.407 e. The Kier molecular flexibility index (Phi) is 4.57. The van der Waals surface area contributed by atoms with Crippen LogP contribution in [-0.4, -0.2) is 19.8 Å². The van der Waals surface area contributed by atoms with Crippen molar-refractivity contribution in [1.82, 2.24) is 5.32 Å². The summed E-state index contributed by atoms with van der Waals surface area (Å²) in [5.74, 6) is -0.254. The van der Waals surface area contributed by atoms with Crippen LogP contribution in [0.2, 0.25) is 0 Å². The molecule has 0 radical (unpaired) electrons. The fraction of sp³-hybridized carbons (Fsp3) is 0.364. The van der Waals surface area contributed by atoms with E-state index in [2.05, 4.69) is 5.32 Å². The number of methoxy groups -OCH3 is 1. The number of cyclic esters (lactones) is 1. The van der Waals surface area contributed by atoms with Crippen LogP contribution < -0.4 is 10.1 Å². The molecule has 1 fully saturated rings. The molecule has 1 aliphatic rings. The molecular formula is C11H13ClFNO3. The Bertz CT molecular complexity index is 414. The normalized spacial score (nSPS) is 18.7. The molecule has 0 aliphatic carbocycles. The molecule has 1 N–H and O–H groups in total. The predicted octanol–water partition coefficient (Wildman–Crippen LogP) is 2.43. The molecule has 1 amide bonds. The smallest absolute Gasteiger partial charge is 0.407 e. The van der Waals surface area contributed by atoms with Gasteiger partial charge in [-0.1, -0.05) is 12.1 Å². The number of alkyl carbamates (subject to hydrolysis) is 1. The van der Waals surface area contributed by atoms with Crippen molar-refractivity contribution >= 4 is 18.5 Å². The van der Waals surface area contributed by atoms with Gasteiger partial charge in [-0.25, -0.2) is 9.18 Å². The minimum absolute atomic E-state index is 0. The molecule has 2 rings (SSSR count). The van der Waals surface area contributed by atoms with Crippen LogP contribution in [-0.2, 0) is 4.74 Å². The highest BCUT2D eigenvalue weighted by atomic mass is 35.5. The fourth-order valence-corrected chi connectivity index (χ4v) is 1.77. The number of carbonyl (C=O) groups excluding carboxylic acids is 1. The van der Waals surface area contributed by atoms with Gasteiger partial charge in [-0.3, -0.25) is 0 Å². The third kappa shape index (κ3) is 2.79. The quantitative estimate of drug-likeness (QED) is 0.889. The van der Waals surface area contributed by atoms with E-state index in [1.807, 2.05) is 0 Å². The van der Waals surface area contributed by atoms with Crippen LogP contribution >= 0.6 is 12.4 Å². The maximum atomic E-state index is 13.4. The van der Waals surface area contributed by atoms with Crippen LogP contribution in [0.1, 0.15) is 18.0 Å². The van der Waals surface area contributed by atoms with E-state index in [0.717, 1.165) is 0 Å². The molecule has 1 atom stereocenters. The molecule has 1 aliphatic heterocycles. The Balaban J connectivity index is 0.00000144. The van der Waals surface area contributed by atoms with Crippen molar-refractivity contribution in [3.8, 4) is 5.75 Å². The molecule has 0 aromatic heterocycles. The molecule has 4 nitrogen and oxygen atoms in total. The maximum absolute atomic E-state index is 13.4. The second kappa shape index (κ2) is 5.72. The molecule has 1 aromatic carbocycles. The van der Waals surface area contributed by atoms with Gasteiger partial charge in [-0.2, -0.15) is 0 Å². The van der Waals surface area contributed by atoms with Gasteiger partial charge in [0.1, 0.15) is 0 Å². The first-order valence-corrected chi connectivity index (χ1v) is 4.98. The lowest BCUT2D eigenvalue weighted by atomic mass is 10.0. The molecule has 1 saturated heterocycles. The van der Waals surface area contributed by atoms with Crippen LogP contribution in [0.3, 0.4) is 0 Å². The lowest BCUT2D eigenvalue weighted by Crippen LogP contribution is -2.35. The monoisotopic (exact) mass is 261 g/mol. The third-order valence-corrected chi connectivity index (χ3v) is 2.51. The van der Waals surface area contributed by atoms with Crippen LogP contribution in [0.5, 0.6) is 5.75 Å². The van der Waals surface area contributed by atoms with Crippen LogP contribution in [0.4, 0.5) is 9.18 Å². The second-order valence-electron chi connectivity index (χ2n) is 3.48. The van der Waals surface area contributed by atoms with E-state index < -0.39 is 11.9 Å². The number of hydrogen-bond donors (Lipinski definition) is 1. The number of amides is 1. The lowest BCUT2D eigenvalue weighted by Gasteiger charge is -2.25. The number of para-hydroxylation sites is 1. The summed E-state index contributed by atoms with van der Waals surface area (Å²) >= 11 is 0. The van der Waals surface area contributed by atoms with Crippen molar-refractivity contribution < 1.29 is 18.7 Å². The van der Waals surface area contributed by atoms with Crippen molar-refractivity contribution in [3.63, 3.8) is 0 Å². The average molecular weight is 262 g/mol. The number of carbonyl (C=O) groups is 1. The molecule has 6 heteroatoms. The molecule has 1 heterocycles. The van der Waals surface area contributed by atoms with E-state index in [1.165, 1.54) is 13.2 Å². The zero-order valence-electron chi connectivity index (χ0n) is 9.23. The molecule has 94 valence electrons. The molecule has 1 aromatic rings. The molecule has 17 heavy (non-hydrogen) atoms. The summed E-state index contributed by atoms with van der Waals surface area (Å²) in [5.41, 5.74) is 0.638. The van der Waals surface area contributed by atoms with Crippen molar-refractivity contribution in [3.05, 3.63) is 29.6 Å². The van der Waals surface area contributed by atoms with Crippen molar-refractivity contribution in [2.45, 2.75) is 12.5 Å². The van der Waals surface area contributed by atoms with Crippen LogP contribution in [0.25, 0.3) is 0 Å². The van der Waals surface area contributed by atoms with E-state index in [0.29, 0.717) is 18.6 Å². The highest BCUT2D eigenvalue weighted by molar-refractivity contribution is 5.85. The highest BCUT2D eigenvalue weighted by Crippen LogP contribution is 2.30. The number of halogens is 2. The fourth-order valence-electron chi connectivity index (χ4n) is 1.77. The van der Waals surface area contributed by atoms with Gasteiger partial charge in [0.05, 0.1) is 19.8 Å². The number of benzene rings is 1. The minimum Gasteiger partial charge on any atom is -0.493 e. The summed E-state index contributed by atoms with van der Waals surface area (Å²) in [6, 6.07) is 4.39. The van der Waals surface area contributed by atoms with Gasteiger partial charge in [-0.15, -0.1) is 12.4 Å². The third-order valence-electron chi connectivity index (χ3n) is 2.51. The topological polar surface area (TPSA) is 47.6 Å². The molecule has 0 saturated carbocycles. The Morgan fingerprint density at radius 1 is 1.53 bits per heavy atom. The van der Waals surface area contributed by atoms with E-state index in [9.17, 15) is 9.18 Å². The number of rotatable bonds is 2. The van der Waals surface area contributed by atoms with E-state index >= 15 is 0 Å². The first kappa shape index (κ1) is 13.6. The Morgan fingerprint density at radius 3 is 2.94 bits per heavy atom. The van der Waals surface area contributed by atoms with E-state index in [1.54, 1.807) is 12.1 Å². The summed E-state index contributed by atoms with van der Waals surface area (Å²) in [5, 5.41) is 2.63. The standard InChI is InChI=1S/C11H12FNO3.ClH/c1-15-10-7(3-2-4-8(10)12)9-5-6-16-11(14)13-9;/h2-4,9H,5-6H2,1H3,(H,13,14);1H/t9-;/m1./s1. The van der Waals surface area contributed by atoms with E-state index in [-0.39, 0.29) is 24.2 Å². The minimum atomic E-state index is -0.484. The Morgan fingerprint density at radius 2 is 2.29 bits per heavy atom. The summed E-state index contributed by atoms with van der Waals surface area (Å²) in [6.45, 7) is 0.330. The van der Waals surface area contributed by atoms with Gasteiger partial charge < -0.3 is 14.8 Å². The summed E-state index contributed by atoms with van der Waals surface area (Å²) in [7, 11) is 1.41. The summed E-state index contributed by atoms with van der Waals surface area (Å²) in [4.78, 5) is 11.1. The largest absolute Gasteiger partial charge is 0.493 e. The van der Waals surface area contributed by atoms with Gasteiger partial charge in [-0.05, 0) is 6.07 Å². The zero-order chi connectivity index (χ0) is 11.5. The Labute approximate surface area is 105 Å². The highest BCUT2D eigenvalue weighted by Gasteiger charge is 2.24. The van der Waals surface area contributed by atoms with Gasteiger partial charge in [0.15, 0.2) is 11.6 Å². The number of nitrogens with one attached hydrogen (secondary N) is 1. The van der Waals surface area contributed by atoms with Crippen molar-refractivity contribution in [2.75, 3.05) is 13.7 Å². The summed E-state index contributed by atoms with van der Waals surface area (Å²) < 4.78 is 23.2. The molecule has 0 bridgehead atoms. The second-order valence-corrected chi connectivity index (χ2v) is 3.48. The first-order valence-electron chi connectivity index (χ1n) is 4.98. The van der Waals surface area contributed by atoms with Crippen LogP contribution in [0, 0.1) is 5.82 Å². The Hall–Kier alpha value is -1.49. The molecular weight excluding hydrogens is 249 g/mol. The SMILES string of the molecule is COc1c(F)cccc1[C@H]1CCOC(=O)N1.Cl. The van der Waals surface area contributed by atoms with Crippen molar-refractivity contribution in [1.29, 1.82) is 0 Å². The van der Waals surface area contributed by atoms with Gasteiger partial charge >= 0.3 is 6.09 Å². The number of hydrogen-bond acceptors (Lipinski definition) is 3. The first-order chi connectivity index (χ1) is 7.72. The van der Waals surface area contributed by atoms with Gasteiger partial charge in [0, 0.05) is 12.0 Å². The summed E-state index contributed by atoms with van der Waals surface area (Å²) in [6.07, 6.45) is 0.119. The van der Waals surface area contributed by atoms with Crippen LogP contribution in [0.15, 0.2) is 18.2 Å². The molecule has 0 spiro atoms. The van der Waals surface area contributed by atoms with Crippen molar-refractivity contribution in [2.24, 2.45) is 0 Å². The zero-order valence-corrected chi connectivity index (χ0v) is 10.1. The predicted molar refractivity (Wildman–Crippen MR) is 62.0 cm³/mol. The van der Waals surface area contributed by atoms with Gasteiger partial charge in [0.25, 0.3) is 0 Å². The average Bonchev–Trinajstić information content (AvgIpc) is 2.28. The van der Waals surface area contributed by atoms with E-state index in [4.69, 9.17) is 9.47 Å². The number of ether oxygens (including phenoxy) is 2. The molecule has 0 unspecified atom stereocenters. The lowest BCUT2D eigenvalue weighted by molar-refractivity contribution is 0.115. The van der Waals surface area contributed by atoms with Gasteiger partial charge in [0.2, 0.25) is 0 Å².